The second kappa shape index (κ2) is 7.38. The summed E-state index contributed by atoms with van der Waals surface area (Å²) >= 11 is 5.59. The highest BCUT2D eigenvalue weighted by Crippen LogP contribution is 2.38. The average Bonchev–Trinajstić information content (AvgIpc) is 2.38. The van der Waals surface area contributed by atoms with Gasteiger partial charge in [0.05, 0.1) is 22.0 Å². The van der Waals surface area contributed by atoms with Crippen LogP contribution in [0, 0.1) is 0 Å². The molecule has 0 bridgehead atoms. The highest BCUT2D eigenvalue weighted by Gasteiger charge is 2.34. The van der Waals surface area contributed by atoms with Crippen LogP contribution in [0.5, 0.6) is 0 Å². The van der Waals surface area contributed by atoms with Gasteiger partial charge in [-0.05, 0) is 39.8 Å². The SMILES string of the molecule is C[C@H](NC(=O)OC(C)(C)C)C(=O)Nc1cc(Cl)c(C(F)(F)F)cc1N. The Balaban J connectivity index is 2.83. The summed E-state index contributed by atoms with van der Waals surface area (Å²) in [4.78, 5) is 23.7. The Morgan fingerprint density at radius 2 is 1.80 bits per heavy atom. The van der Waals surface area contributed by atoms with E-state index in [-0.39, 0.29) is 11.4 Å². The molecule has 1 atom stereocenters. The molecule has 0 fully saturated rings. The van der Waals surface area contributed by atoms with Crippen molar-refractivity contribution in [2.24, 2.45) is 0 Å². The predicted molar refractivity (Wildman–Crippen MR) is 88.3 cm³/mol. The summed E-state index contributed by atoms with van der Waals surface area (Å²) in [6.45, 7) is 6.34. The van der Waals surface area contributed by atoms with E-state index >= 15 is 0 Å². The Labute approximate surface area is 147 Å². The van der Waals surface area contributed by atoms with Crippen LogP contribution in [-0.4, -0.2) is 23.6 Å². The summed E-state index contributed by atoms with van der Waals surface area (Å²) in [7, 11) is 0. The number of hydrogen-bond acceptors (Lipinski definition) is 4. The lowest BCUT2D eigenvalue weighted by Crippen LogP contribution is -2.44. The molecule has 1 aromatic rings. The highest BCUT2D eigenvalue weighted by atomic mass is 35.5. The van der Waals surface area contributed by atoms with Crippen molar-refractivity contribution in [1.82, 2.24) is 5.32 Å². The van der Waals surface area contributed by atoms with E-state index in [4.69, 9.17) is 22.1 Å². The fourth-order valence-electron chi connectivity index (χ4n) is 1.71. The zero-order valence-electron chi connectivity index (χ0n) is 14.0. The second-order valence-electron chi connectivity index (χ2n) is 6.27. The van der Waals surface area contributed by atoms with Gasteiger partial charge >= 0.3 is 12.3 Å². The molecule has 140 valence electrons. The fourth-order valence-corrected chi connectivity index (χ4v) is 1.98. The molecule has 0 radical (unpaired) electrons. The van der Waals surface area contributed by atoms with Crippen molar-refractivity contribution >= 4 is 35.0 Å². The Hall–Kier alpha value is -2.16. The van der Waals surface area contributed by atoms with Crippen LogP contribution in [0.2, 0.25) is 5.02 Å². The molecule has 0 unspecified atom stereocenters. The predicted octanol–water partition coefficient (Wildman–Crippen LogP) is 3.79. The molecule has 0 aliphatic rings. The van der Waals surface area contributed by atoms with Gasteiger partial charge in [-0.1, -0.05) is 11.6 Å². The van der Waals surface area contributed by atoms with Crippen LogP contribution in [0.15, 0.2) is 12.1 Å². The van der Waals surface area contributed by atoms with Gasteiger partial charge in [0, 0.05) is 0 Å². The van der Waals surface area contributed by atoms with Crippen LogP contribution >= 0.6 is 11.6 Å². The van der Waals surface area contributed by atoms with Gasteiger partial charge < -0.3 is 21.1 Å². The lowest BCUT2D eigenvalue weighted by Gasteiger charge is -2.22. The van der Waals surface area contributed by atoms with Gasteiger partial charge in [-0.15, -0.1) is 0 Å². The number of ether oxygens (including phenoxy) is 1. The summed E-state index contributed by atoms with van der Waals surface area (Å²) in [5.41, 5.74) is 3.28. The number of rotatable bonds is 3. The maximum atomic E-state index is 12.7. The molecule has 2 amide bonds. The molecular formula is C15H19ClF3N3O3. The van der Waals surface area contributed by atoms with E-state index in [9.17, 15) is 22.8 Å². The Bertz CT molecular complexity index is 672. The van der Waals surface area contributed by atoms with Crippen LogP contribution in [0.25, 0.3) is 0 Å². The number of alkyl carbamates (subject to hydrolysis) is 1. The largest absolute Gasteiger partial charge is 0.444 e. The quantitative estimate of drug-likeness (QED) is 0.694. The standard InChI is InChI=1S/C15H19ClF3N3O3/c1-7(21-13(24)25-14(2,3)4)12(23)22-11-6-9(16)8(5-10(11)20)15(17,18)19/h5-7H,20H2,1-4H3,(H,21,24)(H,22,23)/t7-/m0/s1. The van der Waals surface area contributed by atoms with Crippen molar-refractivity contribution in [3.63, 3.8) is 0 Å². The van der Waals surface area contributed by atoms with Gasteiger partial charge in [0.2, 0.25) is 5.91 Å². The number of amides is 2. The Morgan fingerprint density at radius 3 is 2.28 bits per heavy atom. The molecule has 25 heavy (non-hydrogen) atoms. The molecular weight excluding hydrogens is 363 g/mol. The fraction of sp³-hybridized carbons (Fsp3) is 0.467. The van der Waals surface area contributed by atoms with Gasteiger partial charge in [0.1, 0.15) is 11.6 Å². The van der Waals surface area contributed by atoms with Gasteiger partial charge in [0.25, 0.3) is 0 Å². The number of halogens is 4. The van der Waals surface area contributed by atoms with Crippen molar-refractivity contribution in [2.45, 2.75) is 45.5 Å². The maximum Gasteiger partial charge on any atom is 0.417 e. The molecule has 0 aliphatic heterocycles. The van der Waals surface area contributed by atoms with Crippen molar-refractivity contribution in [1.29, 1.82) is 0 Å². The first kappa shape index (κ1) is 20.9. The van der Waals surface area contributed by atoms with Crippen LogP contribution in [0.1, 0.15) is 33.3 Å². The van der Waals surface area contributed by atoms with Gasteiger partial charge in [-0.3, -0.25) is 4.79 Å². The molecule has 0 aromatic heterocycles. The lowest BCUT2D eigenvalue weighted by atomic mass is 10.1. The summed E-state index contributed by atoms with van der Waals surface area (Å²) in [5, 5.41) is 4.00. The summed E-state index contributed by atoms with van der Waals surface area (Å²) in [6, 6.07) is 0.511. The number of alkyl halides is 3. The second-order valence-corrected chi connectivity index (χ2v) is 6.68. The van der Waals surface area contributed by atoms with E-state index in [2.05, 4.69) is 10.6 Å². The number of carbonyl (C=O) groups is 2. The Kier molecular flexibility index (Phi) is 6.17. The van der Waals surface area contributed by atoms with Crippen molar-refractivity contribution < 1.29 is 27.5 Å². The normalized spacial score (nSPS) is 13.1. The minimum Gasteiger partial charge on any atom is -0.444 e. The third-order valence-electron chi connectivity index (χ3n) is 2.83. The Morgan fingerprint density at radius 1 is 1.24 bits per heavy atom. The van der Waals surface area contributed by atoms with Crippen molar-refractivity contribution in [3.8, 4) is 0 Å². The number of anilines is 2. The van der Waals surface area contributed by atoms with E-state index in [1.807, 2.05) is 0 Å². The minimum atomic E-state index is -4.67. The molecule has 0 spiro atoms. The van der Waals surface area contributed by atoms with E-state index in [1.54, 1.807) is 20.8 Å². The van der Waals surface area contributed by atoms with Gasteiger partial charge in [0.15, 0.2) is 0 Å². The number of benzene rings is 1. The van der Waals surface area contributed by atoms with E-state index in [1.165, 1.54) is 6.92 Å². The highest BCUT2D eigenvalue weighted by molar-refractivity contribution is 6.32. The topological polar surface area (TPSA) is 93.4 Å². The number of nitrogens with two attached hydrogens (primary N) is 1. The molecule has 0 heterocycles. The number of nitrogens with one attached hydrogen (secondary N) is 2. The zero-order chi connectivity index (χ0) is 19.6. The number of carbonyl (C=O) groups excluding carboxylic acids is 2. The van der Waals surface area contributed by atoms with Crippen LogP contribution < -0.4 is 16.4 Å². The van der Waals surface area contributed by atoms with Crippen LogP contribution in [0.3, 0.4) is 0 Å². The third-order valence-corrected chi connectivity index (χ3v) is 3.14. The van der Waals surface area contributed by atoms with Gasteiger partial charge in [-0.25, -0.2) is 4.79 Å². The lowest BCUT2D eigenvalue weighted by molar-refractivity contribution is -0.137. The van der Waals surface area contributed by atoms with Crippen molar-refractivity contribution in [2.75, 3.05) is 11.1 Å². The average molecular weight is 382 g/mol. The smallest absolute Gasteiger partial charge is 0.417 e. The summed E-state index contributed by atoms with van der Waals surface area (Å²) in [5.74, 6) is -0.701. The minimum absolute atomic E-state index is 0.0964. The maximum absolute atomic E-state index is 12.7. The van der Waals surface area contributed by atoms with E-state index in [0.717, 1.165) is 6.07 Å². The zero-order valence-corrected chi connectivity index (χ0v) is 14.8. The van der Waals surface area contributed by atoms with E-state index in [0.29, 0.717) is 6.07 Å². The first-order valence-electron chi connectivity index (χ1n) is 7.17. The molecule has 1 rings (SSSR count). The molecule has 6 nitrogen and oxygen atoms in total. The number of hydrogen-bond donors (Lipinski definition) is 3. The third kappa shape index (κ3) is 6.33. The van der Waals surface area contributed by atoms with E-state index < -0.39 is 40.4 Å². The molecule has 10 heteroatoms. The van der Waals surface area contributed by atoms with Gasteiger partial charge in [-0.2, -0.15) is 13.2 Å². The first-order valence-corrected chi connectivity index (χ1v) is 7.55. The molecule has 1 aromatic carbocycles. The summed E-state index contributed by atoms with van der Waals surface area (Å²) < 4.78 is 43.2. The number of nitrogen functional groups attached to an aromatic ring is 1. The van der Waals surface area contributed by atoms with Crippen LogP contribution in [-0.2, 0) is 15.7 Å². The molecule has 0 saturated carbocycles. The van der Waals surface area contributed by atoms with Crippen LogP contribution in [0.4, 0.5) is 29.3 Å². The van der Waals surface area contributed by atoms with Crippen molar-refractivity contribution in [3.05, 3.63) is 22.7 Å². The molecule has 0 saturated heterocycles. The monoisotopic (exact) mass is 381 g/mol. The first-order chi connectivity index (χ1) is 11.2. The summed E-state index contributed by atoms with van der Waals surface area (Å²) in [6.07, 6.45) is -5.48. The molecule has 4 N–H and O–H groups in total. The molecule has 0 aliphatic carbocycles.